The predicted octanol–water partition coefficient (Wildman–Crippen LogP) is 2.39. The van der Waals surface area contributed by atoms with E-state index < -0.39 is 5.60 Å². The van der Waals surface area contributed by atoms with E-state index in [1.807, 2.05) is 19.1 Å². The van der Waals surface area contributed by atoms with Gasteiger partial charge in [-0.15, -0.1) is 0 Å². The topological polar surface area (TPSA) is 62.5 Å². The van der Waals surface area contributed by atoms with E-state index in [2.05, 4.69) is 22.3 Å². The van der Waals surface area contributed by atoms with E-state index in [4.69, 9.17) is 0 Å². The highest BCUT2D eigenvalue weighted by atomic mass is 16.3. The van der Waals surface area contributed by atoms with Crippen molar-refractivity contribution in [3.05, 3.63) is 24.0 Å². The Morgan fingerprint density at radius 3 is 3.15 bits per heavy atom. The number of rotatable bonds is 3. The van der Waals surface area contributed by atoms with E-state index >= 15 is 0 Å². The fourth-order valence-electron chi connectivity index (χ4n) is 3.23. The van der Waals surface area contributed by atoms with E-state index in [-0.39, 0.29) is 0 Å². The Morgan fingerprint density at radius 2 is 2.35 bits per heavy atom. The number of nitrogens with one attached hydrogen (secondary N) is 1. The van der Waals surface area contributed by atoms with E-state index in [0.717, 1.165) is 36.3 Å². The van der Waals surface area contributed by atoms with Crippen molar-refractivity contribution in [3.8, 4) is 0 Å². The van der Waals surface area contributed by atoms with Crippen molar-refractivity contribution in [2.24, 2.45) is 5.92 Å². The van der Waals surface area contributed by atoms with Gasteiger partial charge in [-0.25, -0.2) is 4.98 Å². The lowest BCUT2D eigenvalue weighted by molar-refractivity contribution is -0.000854. The van der Waals surface area contributed by atoms with Gasteiger partial charge in [-0.2, -0.15) is 9.61 Å². The molecule has 1 aliphatic rings. The summed E-state index contributed by atoms with van der Waals surface area (Å²) in [5.41, 5.74) is 1.36. The van der Waals surface area contributed by atoms with Crippen molar-refractivity contribution in [1.29, 1.82) is 0 Å². The average Bonchev–Trinajstić information content (AvgIpc) is 2.83. The zero-order valence-corrected chi connectivity index (χ0v) is 12.1. The molecule has 2 N–H and O–H groups in total. The van der Waals surface area contributed by atoms with Gasteiger partial charge in [0, 0.05) is 6.54 Å². The number of aromatic nitrogens is 3. The molecule has 2 unspecified atom stereocenters. The van der Waals surface area contributed by atoms with E-state index in [1.54, 1.807) is 10.8 Å². The second-order valence-electron chi connectivity index (χ2n) is 6.23. The van der Waals surface area contributed by atoms with Gasteiger partial charge in [0.2, 0.25) is 0 Å². The number of hydrogen-bond acceptors (Lipinski definition) is 4. The molecule has 5 nitrogen and oxygen atoms in total. The van der Waals surface area contributed by atoms with Crippen LogP contribution in [0.5, 0.6) is 0 Å². The Hall–Kier alpha value is -1.62. The summed E-state index contributed by atoms with van der Waals surface area (Å²) in [6, 6.07) is 4.03. The maximum absolute atomic E-state index is 10.7. The maximum Gasteiger partial charge on any atom is 0.157 e. The number of aryl methyl sites for hydroxylation is 1. The van der Waals surface area contributed by atoms with E-state index in [9.17, 15) is 5.11 Å². The SMILES string of the molecule is Cc1cc(NCC2(O)CCCC(C)C2)n2ncnc2c1. The molecular weight excluding hydrogens is 252 g/mol. The van der Waals surface area contributed by atoms with Crippen LogP contribution in [-0.4, -0.2) is 31.9 Å². The normalized spacial score (nSPS) is 26.9. The van der Waals surface area contributed by atoms with Crippen LogP contribution in [0.3, 0.4) is 0 Å². The van der Waals surface area contributed by atoms with E-state index in [0.29, 0.717) is 12.5 Å². The van der Waals surface area contributed by atoms with Gasteiger partial charge in [0.15, 0.2) is 5.65 Å². The number of hydrogen-bond donors (Lipinski definition) is 2. The molecule has 2 atom stereocenters. The first kappa shape index (κ1) is 13.4. The molecule has 108 valence electrons. The minimum atomic E-state index is -0.603. The van der Waals surface area contributed by atoms with Crippen molar-refractivity contribution in [2.45, 2.75) is 45.1 Å². The van der Waals surface area contributed by atoms with Gasteiger partial charge in [-0.1, -0.05) is 19.8 Å². The highest BCUT2D eigenvalue weighted by Gasteiger charge is 2.32. The molecule has 0 saturated heterocycles. The minimum absolute atomic E-state index is 0.565. The first-order chi connectivity index (χ1) is 9.56. The monoisotopic (exact) mass is 274 g/mol. The smallest absolute Gasteiger partial charge is 0.157 e. The number of anilines is 1. The summed E-state index contributed by atoms with van der Waals surface area (Å²) >= 11 is 0. The van der Waals surface area contributed by atoms with Crippen LogP contribution in [0.1, 0.15) is 38.2 Å². The van der Waals surface area contributed by atoms with Crippen molar-refractivity contribution in [3.63, 3.8) is 0 Å². The van der Waals surface area contributed by atoms with Crippen LogP contribution in [0.15, 0.2) is 18.5 Å². The molecule has 0 aliphatic heterocycles. The lowest BCUT2D eigenvalue weighted by Gasteiger charge is -2.35. The van der Waals surface area contributed by atoms with E-state index in [1.165, 1.54) is 6.42 Å². The Balaban J connectivity index is 1.78. The Morgan fingerprint density at radius 1 is 1.50 bits per heavy atom. The third-order valence-corrected chi connectivity index (χ3v) is 4.19. The molecule has 5 heteroatoms. The molecule has 2 aromatic heterocycles. The number of nitrogens with zero attached hydrogens (tertiary/aromatic N) is 3. The first-order valence-corrected chi connectivity index (χ1v) is 7.32. The van der Waals surface area contributed by atoms with Gasteiger partial charge in [-0.3, -0.25) is 0 Å². The third kappa shape index (κ3) is 2.63. The van der Waals surface area contributed by atoms with Crippen LogP contribution in [0.25, 0.3) is 5.65 Å². The number of fused-ring (bicyclic) bond motifs is 1. The van der Waals surface area contributed by atoms with Gasteiger partial charge < -0.3 is 10.4 Å². The Bertz CT molecular complexity index is 609. The molecule has 2 heterocycles. The van der Waals surface area contributed by atoms with Gasteiger partial charge in [-0.05, 0) is 43.4 Å². The summed E-state index contributed by atoms with van der Waals surface area (Å²) in [7, 11) is 0. The standard InChI is InChI=1S/C15H22N4O/c1-11-4-3-5-15(20,8-11)9-16-13-6-12(2)7-14-17-10-18-19(13)14/h6-7,10-11,16,20H,3-5,8-9H2,1-2H3. The van der Waals surface area contributed by atoms with Crippen LogP contribution in [0.2, 0.25) is 0 Å². The van der Waals surface area contributed by atoms with Crippen LogP contribution >= 0.6 is 0 Å². The highest BCUT2D eigenvalue weighted by Crippen LogP contribution is 2.32. The molecule has 1 saturated carbocycles. The van der Waals surface area contributed by atoms with Crippen molar-refractivity contribution >= 4 is 11.5 Å². The first-order valence-electron chi connectivity index (χ1n) is 7.32. The molecule has 1 aliphatic carbocycles. The molecule has 2 aromatic rings. The molecule has 0 spiro atoms. The van der Waals surface area contributed by atoms with Gasteiger partial charge >= 0.3 is 0 Å². The summed E-state index contributed by atoms with van der Waals surface area (Å²) in [5, 5.41) is 18.3. The molecule has 0 radical (unpaired) electrons. The maximum atomic E-state index is 10.7. The fourth-order valence-corrected chi connectivity index (χ4v) is 3.23. The lowest BCUT2D eigenvalue weighted by atomic mass is 9.79. The summed E-state index contributed by atoms with van der Waals surface area (Å²) in [6.07, 6.45) is 5.62. The zero-order valence-electron chi connectivity index (χ0n) is 12.1. The lowest BCUT2D eigenvalue weighted by Crippen LogP contribution is -2.41. The summed E-state index contributed by atoms with van der Waals surface area (Å²) in [5.74, 6) is 1.49. The van der Waals surface area contributed by atoms with Gasteiger partial charge in [0.1, 0.15) is 12.1 Å². The van der Waals surface area contributed by atoms with Crippen molar-refractivity contribution in [1.82, 2.24) is 14.6 Å². The summed E-state index contributed by atoms with van der Waals surface area (Å²) < 4.78 is 1.78. The Kier molecular flexibility index (Phi) is 3.38. The molecule has 0 aromatic carbocycles. The predicted molar refractivity (Wildman–Crippen MR) is 78.8 cm³/mol. The quantitative estimate of drug-likeness (QED) is 0.902. The third-order valence-electron chi connectivity index (χ3n) is 4.19. The fraction of sp³-hybridized carbons (Fsp3) is 0.600. The van der Waals surface area contributed by atoms with Crippen LogP contribution < -0.4 is 5.32 Å². The molecular formula is C15H22N4O. The second-order valence-corrected chi connectivity index (χ2v) is 6.23. The second kappa shape index (κ2) is 5.05. The largest absolute Gasteiger partial charge is 0.388 e. The zero-order chi connectivity index (χ0) is 14.2. The van der Waals surface area contributed by atoms with Crippen LogP contribution in [0.4, 0.5) is 5.82 Å². The van der Waals surface area contributed by atoms with Crippen molar-refractivity contribution < 1.29 is 5.11 Å². The van der Waals surface area contributed by atoms with Gasteiger partial charge in [0.25, 0.3) is 0 Å². The minimum Gasteiger partial charge on any atom is -0.388 e. The number of pyridine rings is 1. The van der Waals surface area contributed by atoms with Crippen LogP contribution in [-0.2, 0) is 0 Å². The highest BCUT2D eigenvalue weighted by molar-refractivity contribution is 5.51. The number of aliphatic hydroxyl groups is 1. The molecule has 0 amide bonds. The van der Waals surface area contributed by atoms with Crippen LogP contribution in [0, 0.1) is 12.8 Å². The average molecular weight is 274 g/mol. The van der Waals surface area contributed by atoms with Crippen molar-refractivity contribution in [2.75, 3.05) is 11.9 Å². The molecule has 3 rings (SSSR count). The Labute approximate surface area is 119 Å². The molecule has 0 bridgehead atoms. The molecule has 1 fully saturated rings. The molecule has 20 heavy (non-hydrogen) atoms. The summed E-state index contributed by atoms with van der Waals surface area (Å²) in [6.45, 7) is 4.82. The van der Waals surface area contributed by atoms with Gasteiger partial charge in [0.05, 0.1) is 5.60 Å². The summed E-state index contributed by atoms with van der Waals surface area (Å²) in [4.78, 5) is 4.21.